The first-order chi connectivity index (χ1) is 9.49. The molecule has 0 aromatic carbocycles. The molecule has 2 nitrogen and oxygen atoms in total. The third-order valence-electron chi connectivity index (χ3n) is 6.97. The number of rotatable bonds is 3. The molecule has 0 aromatic heterocycles. The van der Waals surface area contributed by atoms with Gasteiger partial charge in [-0.3, -0.25) is 0 Å². The van der Waals surface area contributed by atoms with Crippen LogP contribution in [0.25, 0.3) is 0 Å². The molecule has 3 heteroatoms. The Kier molecular flexibility index (Phi) is 4.70. The Bertz CT molecular complexity index is 372. The highest BCUT2D eigenvalue weighted by molar-refractivity contribution is 6.74. The summed E-state index contributed by atoms with van der Waals surface area (Å²) in [6.45, 7) is 16.1. The van der Waals surface area contributed by atoms with E-state index in [-0.39, 0.29) is 11.1 Å². The molecular weight excluding hydrogens is 276 g/mol. The van der Waals surface area contributed by atoms with Gasteiger partial charge in [-0.15, -0.1) is 0 Å². The van der Waals surface area contributed by atoms with Crippen LogP contribution in [0.2, 0.25) is 18.1 Å². The zero-order chi connectivity index (χ0) is 16.1. The van der Waals surface area contributed by atoms with Crippen LogP contribution >= 0.6 is 0 Å². The van der Waals surface area contributed by atoms with Gasteiger partial charge in [-0.2, -0.15) is 0 Å². The van der Waals surface area contributed by atoms with Crippen molar-refractivity contribution >= 4 is 8.32 Å². The number of aliphatic hydroxyl groups is 1. The number of hydrogen-bond donors (Lipinski definition) is 1. The highest BCUT2D eigenvalue weighted by Crippen LogP contribution is 2.58. The van der Waals surface area contributed by atoms with Crippen molar-refractivity contribution < 1.29 is 9.53 Å². The van der Waals surface area contributed by atoms with E-state index >= 15 is 0 Å². The third-order valence-corrected chi connectivity index (χ3v) is 11.5. The number of aliphatic hydroxyl groups excluding tert-OH is 1. The minimum atomic E-state index is -1.70. The zero-order valence-electron chi connectivity index (χ0n) is 15.2. The molecule has 0 heterocycles. The standard InChI is InChI=1S/C18H36O2Si/c1-13(19)14-10-11-15-16(9-8-12-18(14,15)5)20-21(6,7)17(2,3)4/h13-16,19H,8-12H2,1-7H3/t13?,14?,15?,16?,18-/m1/s1. The maximum Gasteiger partial charge on any atom is 0.192 e. The Morgan fingerprint density at radius 1 is 1.19 bits per heavy atom. The summed E-state index contributed by atoms with van der Waals surface area (Å²) in [5.41, 5.74) is 0.291. The van der Waals surface area contributed by atoms with Gasteiger partial charge in [0.05, 0.1) is 6.10 Å². The van der Waals surface area contributed by atoms with Gasteiger partial charge in [0.2, 0.25) is 0 Å². The second kappa shape index (κ2) is 5.65. The van der Waals surface area contributed by atoms with Crippen LogP contribution in [0.5, 0.6) is 0 Å². The van der Waals surface area contributed by atoms with Crippen LogP contribution in [0, 0.1) is 17.3 Å². The Balaban J connectivity index is 2.17. The van der Waals surface area contributed by atoms with Gasteiger partial charge in [0, 0.05) is 6.10 Å². The van der Waals surface area contributed by atoms with Crippen molar-refractivity contribution in [2.75, 3.05) is 0 Å². The van der Waals surface area contributed by atoms with Crippen LogP contribution in [0.15, 0.2) is 0 Å². The predicted molar refractivity (Wildman–Crippen MR) is 91.9 cm³/mol. The van der Waals surface area contributed by atoms with Gasteiger partial charge in [0.1, 0.15) is 0 Å². The van der Waals surface area contributed by atoms with Crippen molar-refractivity contribution in [3.8, 4) is 0 Å². The summed E-state index contributed by atoms with van der Waals surface area (Å²) in [5, 5.41) is 10.5. The van der Waals surface area contributed by atoms with Crippen LogP contribution in [0.4, 0.5) is 0 Å². The van der Waals surface area contributed by atoms with Crippen molar-refractivity contribution in [1.29, 1.82) is 0 Å². The smallest absolute Gasteiger partial charge is 0.192 e. The van der Waals surface area contributed by atoms with Gasteiger partial charge in [0.25, 0.3) is 0 Å². The molecule has 0 saturated heterocycles. The Morgan fingerprint density at radius 2 is 1.81 bits per heavy atom. The summed E-state index contributed by atoms with van der Waals surface area (Å²) in [6, 6.07) is 0. The lowest BCUT2D eigenvalue weighted by molar-refractivity contribution is -0.0384. The quantitative estimate of drug-likeness (QED) is 0.745. The second-order valence-corrected chi connectivity index (χ2v) is 14.1. The molecule has 2 rings (SSSR count). The van der Waals surface area contributed by atoms with Crippen molar-refractivity contribution in [1.82, 2.24) is 0 Å². The second-order valence-electron chi connectivity index (χ2n) is 9.35. The fraction of sp³-hybridized carbons (Fsp3) is 1.00. The van der Waals surface area contributed by atoms with Crippen LogP contribution in [-0.4, -0.2) is 25.6 Å². The molecule has 0 spiro atoms. The maximum atomic E-state index is 10.2. The van der Waals surface area contributed by atoms with E-state index in [1.165, 1.54) is 32.1 Å². The summed E-state index contributed by atoms with van der Waals surface area (Å²) in [5.74, 6) is 1.12. The van der Waals surface area contributed by atoms with E-state index in [0.717, 1.165) is 0 Å². The van der Waals surface area contributed by atoms with E-state index in [0.29, 0.717) is 23.4 Å². The summed E-state index contributed by atoms with van der Waals surface area (Å²) < 4.78 is 6.81. The summed E-state index contributed by atoms with van der Waals surface area (Å²) in [7, 11) is -1.70. The van der Waals surface area contributed by atoms with Gasteiger partial charge in [0.15, 0.2) is 8.32 Å². The van der Waals surface area contributed by atoms with Gasteiger partial charge >= 0.3 is 0 Å². The van der Waals surface area contributed by atoms with E-state index in [1.807, 2.05) is 6.92 Å². The topological polar surface area (TPSA) is 29.5 Å². The Labute approximate surface area is 132 Å². The van der Waals surface area contributed by atoms with Gasteiger partial charge in [-0.05, 0) is 68.0 Å². The van der Waals surface area contributed by atoms with Crippen LogP contribution < -0.4 is 0 Å². The molecule has 2 aliphatic rings. The fourth-order valence-corrected chi connectivity index (χ4v) is 6.04. The molecule has 0 radical (unpaired) electrons. The summed E-state index contributed by atoms with van der Waals surface area (Å²) >= 11 is 0. The Morgan fingerprint density at radius 3 is 2.33 bits per heavy atom. The fourth-order valence-electron chi connectivity index (χ4n) is 4.65. The maximum absolute atomic E-state index is 10.2. The molecule has 21 heavy (non-hydrogen) atoms. The first kappa shape index (κ1) is 17.5. The lowest BCUT2D eigenvalue weighted by atomic mass is 9.63. The first-order valence-corrected chi connectivity index (χ1v) is 11.8. The molecule has 0 amide bonds. The lowest BCUT2D eigenvalue weighted by Gasteiger charge is -2.49. The van der Waals surface area contributed by atoms with E-state index in [1.54, 1.807) is 0 Å². The summed E-state index contributed by atoms with van der Waals surface area (Å²) in [4.78, 5) is 0. The molecule has 0 aliphatic heterocycles. The molecule has 124 valence electrons. The molecule has 1 N–H and O–H groups in total. The number of fused-ring (bicyclic) bond motifs is 1. The highest BCUT2D eigenvalue weighted by atomic mass is 28.4. The minimum absolute atomic E-state index is 0.174. The van der Waals surface area contributed by atoms with Crippen molar-refractivity contribution in [3.63, 3.8) is 0 Å². The van der Waals surface area contributed by atoms with Crippen molar-refractivity contribution in [2.24, 2.45) is 17.3 Å². The van der Waals surface area contributed by atoms with Crippen molar-refractivity contribution in [3.05, 3.63) is 0 Å². The minimum Gasteiger partial charge on any atom is -0.414 e. The molecule has 4 unspecified atom stereocenters. The largest absolute Gasteiger partial charge is 0.414 e. The molecule has 0 aromatic rings. The van der Waals surface area contributed by atoms with Crippen LogP contribution in [0.1, 0.15) is 66.7 Å². The van der Waals surface area contributed by atoms with Gasteiger partial charge in [-0.1, -0.05) is 34.1 Å². The van der Waals surface area contributed by atoms with E-state index < -0.39 is 8.32 Å². The monoisotopic (exact) mass is 312 g/mol. The van der Waals surface area contributed by atoms with Gasteiger partial charge in [-0.25, -0.2) is 0 Å². The average molecular weight is 313 g/mol. The van der Waals surface area contributed by atoms with E-state index in [4.69, 9.17) is 4.43 Å². The molecular formula is C18H36O2Si. The molecule has 2 saturated carbocycles. The van der Waals surface area contributed by atoms with E-state index in [2.05, 4.69) is 40.8 Å². The first-order valence-electron chi connectivity index (χ1n) is 8.85. The molecule has 2 fully saturated rings. The zero-order valence-corrected chi connectivity index (χ0v) is 16.2. The SMILES string of the molecule is CC(O)C1CCC2C(O[Si](C)(C)C(C)(C)C)CCC[C@]12C. The third kappa shape index (κ3) is 3.11. The van der Waals surface area contributed by atoms with Crippen LogP contribution in [0.3, 0.4) is 0 Å². The van der Waals surface area contributed by atoms with Gasteiger partial charge < -0.3 is 9.53 Å². The molecule has 5 atom stereocenters. The van der Waals surface area contributed by atoms with E-state index in [9.17, 15) is 5.11 Å². The Hall–Kier alpha value is 0.137. The average Bonchev–Trinajstić information content (AvgIpc) is 2.65. The predicted octanol–water partition coefficient (Wildman–Crippen LogP) is 4.97. The number of hydrogen-bond acceptors (Lipinski definition) is 2. The highest BCUT2D eigenvalue weighted by Gasteiger charge is 2.54. The lowest BCUT2D eigenvalue weighted by Crippen LogP contribution is -2.50. The summed E-state index contributed by atoms with van der Waals surface area (Å²) in [6.07, 6.45) is 6.42. The molecule has 0 bridgehead atoms. The molecule has 2 aliphatic carbocycles. The van der Waals surface area contributed by atoms with Crippen LogP contribution in [-0.2, 0) is 4.43 Å². The van der Waals surface area contributed by atoms with Crippen molar-refractivity contribution in [2.45, 2.75) is 97.1 Å². The normalized spacial score (nSPS) is 39.1.